The number of nitrogens with zero attached hydrogens (tertiary/aromatic N) is 1. The Morgan fingerprint density at radius 3 is 2.68 bits per heavy atom. The highest BCUT2D eigenvalue weighted by Gasteiger charge is 2.41. The van der Waals surface area contributed by atoms with E-state index in [4.69, 9.17) is 9.84 Å². The molecule has 0 aromatic rings. The predicted molar refractivity (Wildman–Crippen MR) is 72.1 cm³/mol. The third-order valence-electron chi connectivity index (χ3n) is 5.19. The summed E-state index contributed by atoms with van der Waals surface area (Å²) in [7, 11) is 0. The summed E-state index contributed by atoms with van der Waals surface area (Å²) in [6.07, 6.45) is 9.99. The quantitative estimate of drug-likeness (QED) is 0.852. The van der Waals surface area contributed by atoms with Crippen LogP contribution in [0.3, 0.4) is 0 Å². The summed E-state index contributed by atoms with van der Waals surface area (Å²) in [4.78, 5) is 13.3. The second-order valence-corrected chi connectivity index (χ2v) is 6.61. The van der Waals surface area contributed by atoms with Gasteiger partial charge in [0, 0.05) is 13.1 Å². The van der Waals surface area contributed by atoms with E-state index in [9.17, 15) is 4.79 Å². The standard InChI is InChI=1S/C15H25NO3/c17-14(18)12-5-9-16(10-12)11-13-4-8-15(19-13)6-2-1-3-7-15/h12-13H,1-11H2,(H,17,18). The third kappa shape index (κ3) is 2.95. The number of ether oxygens (including phenoxy) is 1. The van der Waals surface area contributed by atoms with Gasteiger partial charge in [0.1, 0.15) is 0 Å². The Labute approximate surface area is 115 Å². The number of carboxylic acids is 1. The Morgan fingerprint density at radius 2 is 2.00 bits per heavy atom. The van der Waals surface area contributed by atoms with Crippen LogP contribution in [0.2, 0.25) is 0 Å². The molecule has 2 unspecified atom stereocenters. The van der Waals surface area contributed by atoms with Crippen molar-refractivity contribution in [2.45, 2.75) is 63.1 Å². The molecule has 0 bridgehead atoms. The molecule has 3 rings (SSSR count). The minimum absolute atomic E-state index is 0.162. The van der Waals surface area contributed by atoms with E-state index in [0.717, 1.165) is 25.9 Å². The van der Waals surface area contributed by atoms with Gasteiger partial charge in [0.05, 0.1) is 17.6 Å². The van der Waals surface area contributed by atoms with E-state index in [1.807, 2.05) is 0 Å². The average Bonchev–Trinajstić information content (AvgIpc) is 2.99. The molecule has 2 atom stereocenters. The minimum atomic E-state index is -0.640. The van der Waals surface area contributed by atoms with Crippen molar-refractivity contribution in [3.63, 3.8) is 0 Å². The molecule has 1 aliphatic carbocycles. The molecule has 3 fully saturated rings. The number of carbonyl (C=O) groups is 1. The topological polar surface area (TPSA) is 49.8 Å². The van der Waals surface area contributed by atoms with Crippen LogP contribution >= 0.6 is 0 Å². The molecule has 1 saturated carbocycles. The Balaban J connectivity index is 1.48. The van der Waals surface area contributed by atoms with Crippen LogP contribution in [0.5, 0.6) is 0 Å². The van der Waals surface area contributed by atoms with Gasteiger partial charge in [0.25, 0.3) is 0 Å². The van der Waals surface area contributed by atoms with E-state index in [-0.39, 0.29) is 11.5 Å². The van der Waals surface area contributed by atoms with Gasteiger partial charge in [-0.2, -0.15) is 0 Å². The molecule has 1 spiro atoms. The van der Waals surface area contributed by atoms with Gasteiger partial charge < -0.3 is 9.84 Å². The van der Waals surface area contributed by atoms with Crippen molar-refractivity contribution in [2.75, 3.05) is 19.6 Å². The van der Waals surface area contributed by atoms with Gasteiger partial charge >= 0.3 is 5.97 Å². The molecule has 0 radical (unpaired) electrons. The molecule has 2 heterocycles. The largest absolute Gasteiger partial charge is 0.481 e. The molecule has 0 aromatic heterocycles. The molecule has 0 amide bonds. The van der Waals surface area contributed by atoms with Gasteiger partial charge in [-0.25, -0.2) is 0 Å². The molecule has 4 nitrogen and oxygen atoms in total. The first-order chi connectivity index (χ1) is 9.17. The Kier molecular flexibility index (Phi) is 3.81. The zero-order valence-corrected chi connectivity index (χ0v) is 11.6. The Morgan fingerprint density at radius 1 is 1.21 bits per heavy atom. The molecule has 2 saturated heterocycles. The zero-order chi connectivity index (χ0) is 13.3. The van der Waals surface area contributed by atoms with Gasteiger partial charge in [0.2, 0.25) is 0 Å². The predicted octanol–water partition coefficient (Wildman–Crippen LogP) is 2.27. The summed E-state index contributed by atoms with van der Waals surface area (Å²) in [5.41, 5.74) is 0.189. The summed E-state index contributed by atoms with van der Waals surface area (Å²) in [5, 5.41) is 9.03. The van der Waals surface area contributed by atoms with E-state index < -0.39 is 5.97 Å². The van der Waals surface area contributed by atoms with Crippen molar-refractivity contribution >= 4 is 5.97 Å². The maximum Gasteiger partial charge on any atom is 0.307 e. The van der Waals surface area contributed by atoms with Crippen molar-refractivity contribution < 1.29 is 14.6 Å². The number of likely N-dealkylation sites (tertiary alicyclic amines) is 1. The number of rotatable bonds is 3. The summed E-state index contributed by atoms with van der Waals surface area (Å²) < 4.78 is 6.36. The summed E-state index contributed by atoms with van der Waals surface area (Å²) >= 11 is 0. The summed E-state index contributed by atoms with van der Waals surface area (Å²) in [5.74, 6) is -0.802. The first-order valence-electron chi connectivity index (χ1n) is 7.80. The number of hydrogen-bond acceptors (Lipinski definition) is 3. The van der Waals surface area contributed by atoms with E-state index in [0.29, 0.717) is 12.6 Å². The molecule has 1 N–H and O–H groups in total. The van der Waals surface area contributed by atoms with Gasteiger partial charge in [-0.3, -0.25) is 9.69 Å². The highest BCUT2D eigenvalue weighted by molar-refractivity contribution is 5.70. The van der Waals surface area contributed by atoms with Crippen LogP contribution in [-0.2, 0) is 9.53 Å². The lowest BCUT2D eigenvalue weighted by Crippen LogP contribution is -2.36. The Bertz CT molecular complexity index is 338. The molecule has 19 heavy (non-hydrogen) atoms. The highest BCUT2D eigenvalue weighted by Crippen LogP contribution is 2.42. The van der Waals surface area contributed by atoms with E-state index >= 15 is 0 Å². The minimum Gasteiger partial charge on any atom is -0.481 e. The molecule has 3 aliphatic rings. The monoisotopic (exact) mass is 267 g/mol. The van der Waals surface area contributed by atoms with Crippen molar-refractivity contribution in [2.24, 2.45) is 5.92 Å². The summed E-state index contributed by atoms with van der Waals surface area (Å²) in [6.45, 7) is 2.57. The highest BCUT2D eigenvalue weighted by atomic mass is 16.5. The average molecular weight is 267 g/mol. The van der Waals surface area contributed by atoms with Crippen LogP contribution in [0.1, 0.15) is 51.4 Å². The molecule has 0 aromatic carbocycles. The fraction of sp³-hybridized carbons (Fsp3) is 0.933. The smallest absolute Gasteiger partial charge is 0.307 e. The van der Waals surface area contributed by atoms with E-state index in [2.05, 4.69) is 4.90 Å². The van der Waals surface area contributed by atoms with Gasteiger partial charge in [0.15, 0.2) is 0 Å². The second kappa shape index (κ2) is 5.41. The molecule has 4 heteroatoms. The van der Waals surface area contributed by atoms with Crippen LogP contribution in [0.15, 0.2) is 0 Å². The first kappa shape index (κ1) is 13.4. The SMILES string of the molecule is O=C(O)C1CCN(CC2CCC3(CCCCC3)O2)C1. The number of aliphatic carboxylic acids is 1. The number of carboxylic acid groups (broad SMARTS) is 1. The summed E-state index contributed by atoms with van der Waals surface area (Å²) in [6, 6.07) is 0. The van der Waals surface area contributed by atoms with Gasteiger partial charge in [-0.15, -0.1) is 0 Å². The van der Waals surface area contributed by atoms with E-state index in [1.54, 1.807) is 0 Å². The van der Waals surface area contributed by atoms with Crippen LogP contribution < -0.4 is 0 Å². The lowest BCUT2D eigenvalue weighted by atomic mass is 9.83. The Hall–Kier alpha value is -0.610. The molecular formula is C15H25NO3. The fourth-order valence-corrected chi connectivity index (χ4v) is 4.08. The first-order valence-corrected chi connectivity index (χ1v) is 7.80. The maximum atomic E-state index is 11.0. The maximum absolute atomic E-state index is 11.0. The van der Waals surface area contributed by atoms with Crippen molar-refractivity contribution in [1.82, 2.24) is 4.90 Å². The van der Waals surface area contributed by atoms with Crippen molar-refractivity contribution in [3.05, 3.63) is 0 Å². The third-order valence-corrected chi connectivity index (χ3v) is 5.19. The lowest BCUT2D eigenvalue weighted by molar-refractivity contribution is -0.141. The van der Waals surface area contributed by atoms with Gasteiger partial charge in [-0.1, -0.05) is 19.3 Å². The van der Waals surface area contributed by atoms with Crippen LogP contribution in [0.25, 0.3) is 0 Å². The van der Waals surface area contributed by atoms with Crippen LogP contribution in [0.4, 0.5) is 0 Å². The van der Waals surface area contributed by atoms with Gasteiger partial charge in [-0.05, 0) is 38.6 Å². The second-order valence-electron chi connectivity index (χ2n) is 6.61. The number of hydrogen-bond donors (Lipinski definition) is 1. The zero-order valence-electron chi connectivity index (χ0n) is 11.6. The molecule has 108 valence electrons. The normalized spacial score (nSPS) is 34.9. The van der Waals surface area contributed by atoms with Crippen molar-refractivity contribution in [3.8, 4) is 0 Å². The molecular weight excluding hydrogens is 242 g/mol. The van der Waals surface area contributed by atoms with Crippen LogP contribution in [0, 0.1) is 5.92 Å². The van der Waals surface area contributed by atoms with Crippen LogP contribution in [-0.4, -0.2) is 47.3 Å². The van der Waals surface area contributed by atoms with Crippen molar-refractivity contribution in [1.29, 1.82) is 0 Å². The van der Waals surface area contributed by atoms with E-state index in [1.165, 1.54) is 38.5 Å². The molecule has 2 aliphatic heterocycles. The lowest BCUT2D eigenvalue weighted by Gasteiger charge is -2.34. The fourth-order valence-electron chi connectivity index (χ4n) is 4.08.